The molecular formula is C6H12O18S4. The third-order valence-corrected chi connectivity index (χ3v) is 4.51. The first-order valence-electron chi connectivity index (χ1n) is 6.20. The van der Waals surface area contributed by atoms with E-state index in [1.165, 1.54) is 0 Å². The summed E-state index contributed by atoms with van der Waals surface area (Å²) < 4.78 is 143. The summed E-state index contributed by atoms with van der Waals surface area (Å²) in [7, 11) is -22.2. The van der Waals surface area contributed by atoms with E-state index in [1.807, 2.05) is 0 Å². The molecule has 28 heavy (non-hydrogen) atoms. The van der Waals surface area contributed by atoms with Gasteiger partial charge in [-0.2, -0.15) is 33.7 Å². The summed E-state index contributed by atoms with van der Waals surface area (Å²) in [6.45, 7) is -1.34. The van der Waals surface area contributed by atoms with Crippen LogP contribution < -0.4 is 0 Å². The van der Waals surface area contributed by atoms with E-state index in [0.29, 0.717) is 0 Å². The number of aliphatic hydroxyl groups is 1. The third-order valence-electron chi connectivity index (χ3n) is 2.69. The van der Waals surface area contributed by atoms with Crippen molar-refractivity contribution in [3.8, 4) is 0 Å². The minimum Gasteiger partial charge on any atom is -0.394 e. The Morgan fingerprint density at radius 1 is 0.607 bits per heavy atom. The van der Waals surface area contributed by atoms with Gasteiger partial charge in [-0.05, 0) is 0 Å². The second-order valence-corrected chi connectivity index (χ2v) is 8.91. The number of hydrogen-bond acceptors (Lipinski definition) is 14. The summed E-state index contributed by atoms with van der Waals surface area (Å²) in [5.41, 5.74) is 0. The zero-order valence-electron chi connectivity index (χ0n) is 12.8. The Kier molecular flexibility index (Phi) is 7.85. The first-order valence-corrected chi connectivity index (χ1v) is 11.7. The lowest BCUT2D eigenvalue weighted by Gasteiger charge is -2.42. The van der Waals surface area contributed by atoms with E-state index in [2.05, 4.69) is 21.5 Å². The smallest absolute Gasteiger partial charge is 0.394 e. The van der Waals surface area contributed by atoms with E-state index in [1.54, 1.807) is 0 Å². The van der Waals surface area contributed by atoms with Gasteiger partial charge in [-0.1, -0.05) is 0 Å². The van der Waals surface area contributed by atoms with Crippen LogP contribution in [0, 0.1) is 0 Å². The van der Waals surface area contributed by atoms with E-state index in [0.717, 1.165) is 0 Å². The minimum atomic E-state index is -5.62. The van der Waals surface area contributed by atoms with Crippen molar-refractivity contribution in [3.05, 3.63) is 0 Å². The molecule has 0 saturated carbocycles. The Hall–Kier alpha value is -0.600. The van der Waals surface area contributed by atoms with Gasteiger partial charge in [0.05, 0.1) is 6.61 Å². The van der Waals surface area contributed by atoms with Crippen molar-refractivity contribution in [3.63, 3.8) is 0 Å². The van der Waals surface area contributed by atoms with Gasteiger partial charge in [0.25, 0.3) is 0 Å². The number of rotatable bonds is 9. The molecule has 0 unspecified atom stereocenters. The first-order chi connectivity index (χ1) is 12.3. The lowest BCUT2D eigenvalue weighted by molar-refractivity contribution is -0.262. The van der Waals surface area contributed by atoms with Crippen molar-refractivity contribution in [1.29, 1.82) is 0 Å². The third kappa shape index (κ3) is 8.82. The molecule has 5 N–H and O–H groups in total. The molecule has 1 aliphatic rings. The topological polar surface area (TPSA) is 284 Å². The first kappa shape index (κ1) is 25.4. The van der Waals surface area contributed by atoms with E-state index in [9.17, 15) is 38.8 Å². The molecule has 1 heterocycles. The van der Waals surface area contributed by atoms with E-state index < -0.39 is 78.9 Å². The summed E-state index contributed by atoms with van der Waals surface area (Å²) in [5, 5.41) is 9.18. The molecule has 168 valence electrons. The maximum absolute atomic E-state index is 11.0. The van der Waals surface area contributed by atoms with Gasteiger partial charge in [-0.15, -0.1) is 0 Å². The minimum absolute atomic E-state index is 1.34. The summed E-state index contributed by atoms with van der Waals surface area (Å²) in [6.07, 6.45) is -13.0. The molecule has 0 spiro atoms. The fourth-order valence-electron chi connectivity index (χ4n) is 1.97. The Balaban J connectivity index is 3.56. The highest BCUT2D eigenvalue weighted by molar-refractivity contribution is 7.81. The van der Waals surface area contributed by atoms with E-state index in [4.69, 9.17) is 18.2 Å². The van der Waals surface area contributed by atoms with E-state index in [-0.39, 0.29) is 0 Å². The van der Waals surface area contributed by atoms with Crippen molar-refractivity contribution in [2.45, 2.75) is 30.7 Å². The van der Waals surface area contributed by atoms with Gasteiger partial charge in [0.1, 0.15) is 18.3 Å². The number of aliphatic hydroxyl groups excluding tert-OH is 1. The van der Waals surface area contributed by atoms with Crippen molar-refractivity contribution in [1.82, 2.24) is 0 Å². The largest absolute Gasteiger partial charge is 0.399 e. The zero-order chi connectivity index (χ0) is 22.1. The van der Waals surface area contributed by atoms with Crippen LogP contribution in [-0.4, -0.2) is 94.3 Å². The fourth-order valence-corrected chi connectivity index (χ4v) is 3.86. The Labute approximate surface area is 157 Å². The summed E-state index contributed by atoms with van der Waals surface area (Å²) in [4.78, 5) is 0. The van der Waals surface area contributed by atoms with Crippen LogP contribution in [0.3, 0.4) is 0 Å². The van der Waals surface area contributed by atoms with Crippen LogP contribution in [0.4, 0.5) is 0 Å². The summed E-state index contributed by atoms with van der Waals surface area (Å²) in [5.74, 6) is 0. The molecule has 0 bridgehead atoms. The summed E-state index contributed by atoms with van der Waals surface area (Å²) in [6, 6.07) is 0. The summed E-state index contributed by atoms with van der Waals surface area (Å²) >= 11 is 0. The molecule has 5 atom stereocenters. The van der Waals surface area contributed by atoms with Crippen LogP contribution in [0.1, 0.15) is 0 Å². The number of hydrogen-bond donors (Lipinski definition) is 5. The maximum Gasteiger partial charge on any atom is 0.399 e. The van der Waals surface area contributed by atoms with Crippen molar-refractivity contribution < 1.29 is 78.5 Å². The van der Waals surface area contributed by atoms with Gasteiger partial charge in [0.15, 0.2) is 6.10 Å². The van der Waals surface area contributed by atoms with Crippen LogP contribution in [0.15, 0.2) is 0 Å². The molecule has 1 aliphatic heterocycles. The average Bonchev–Trinajstić information content (AvgIpc) is 2.39. The predicted octanol–water partition coefficient (Wildman–Crippen LogP) is -3.91. The highest BCUT2D eigenvalue weighted by Crippen LogP contribution is 2.31. The predicted molar refractivity (Wildman–Crippen MR) is 77.6 cm³/mol. The van der Waals surface area contributed by atoms with Gasteiger partial charge in [-0.3, -0.25) is 18.2 Å². The van der Waals surface area contributed by atoms with Gasteiger partial charge in [0, 0.05) is 0 Å². The van der Waals surface area contributed by atoms with Gasteiger partial charge < -0.3 is 9.84 Å². The quantitative estimate of drug-likeness (QED) is 0.189. The Morgan fingerprint density at radius 2 is 0.964 bits per heavy atom. The van der Waals surface area contributed by atoms with Crippen LogP contribution in [0.5, 0.6) is 0 Å². The molecule has 1 saturated heterocycles. The SMILES string of the molecule is O=S(=O)(O)O[C@H]1O[C@H](CO)[C@@H](OS(=O)(=O)O)[C@@H](OS(=O)(=O)O)[C@H]1OS(=O)(=O)O. The van der Waals surface area contributed by atoms with E-state index >= 15 is 0 Å². The number of ether oxygens (including phenoxy) is 1. The fraction of sp³-hybridized carbons (Fsp3) is 1.00. The Bertz CT molecular complexity index is 959. The van der Waals surface area contributed by atoms with Crippen LogP contribution in [-0.2, 0) is 63.1 Å². The molecule has 0 radical (unpaired) electrons. The van der Waals surface area contributed by atoms with Gasteiger partial charge >= 0.3 is 41.6 Å². The van der Waals surface area contributed by atoms with Crippen molar-refractivity contribution >= 4 is 41.6 Å². The molecule has 18 nitrogen and oxygen atoms in total. The van der Waals surface area contributed by atoms with Gasteiger partial charge in [0.2, 0.25) is 6.29 Å². The maximum atomic E-state index is 11.0. The normalized spacial score (nSPS) is 30.2. The van der Waals surface area contributed by atoms with Gasteiger partial charge in [-0.25, -0.2) is 16.7 Å². The molecular weight excluding hydrogens is 488 g/mol. The molecule has 1 fully saturated rings. The Morgan fingerprint density at radius 3 is 1.32 bits per heavy atom. The van der Waals surface area contributed by atoms with Crippen molar-refractivity contribution in [2.24, 2.45) is 0 Å². The highest BCUT2D eigenvalue weighted by Gasteiger charge is 2.54. The van der Waals surface area contributed by atoms with Crippen LogP contribution in [0.2, 0.25) is 0 Å². The molecule has 22 heteroatoms. The molecule has 0 aromatic carbocycles. The van der Waals surface area contributed by atoms with Crippen LogP contribution >= 0.6 is 0 Å². The molecule has 0 aromatic heterocycles. The lowest BCUT2D eigenvalue weighted by Crippen LogP contribution is -2.63. The molecule has 1 rings (SSSR count). The monoisotopic (exact) mass is 500 g/mol. The molecule has 0 amide bonds. The van der Waals surface area contributed by atoms with Crippen LogP contribution in [0.25, 0.3) is 0 Å². The highest BCUT2D eigenvalue weighted by atomic mass is 32.3. The molecule has 0 aromatic rings. The zero-order valence-corrected chi connectivity index (χ0v) is 16.0. The molecule has 0 aliphatic carbocycles. The van der Waals surface area contributed by atoms with Crippen molar-refractivity contribution in [2.75, 3.05) is 6.61 Å². The lowest BCUT2D eigenvalue weighted by atomic mass is 9.99. The standard InChI is InChI=1S/C6H12O18S4/c7-1-2-3(21-25(8,9)10)4(22-26(11,12)13)5(23-27(14,15)16)6(20-2)24-28(17,18)19/h2-7H,1H2,(H,8,9,10)(H,11,12,13)(H,14,15,16)(H,17,18,19)/t2-,3-,4-,5-,6-/m1/s1. The second kappa shape index (κ2) is 8.64. The average molecular weight is 500 g/mol. The second-order valence-electron chi connectivity index (χ2n) is 4.72.